The number of nitro groups is 1. The third-order valence-electron chi connectivity index (χ3n) is 1.76. The van der Waals surface area contributed by atoms with E-state index >= 15 is 0 Å². The van der Waals surface area contributed by atoms with Gasteiger partial charge in [-0.2, -0.15) is 0 Å². The zero-order valence-corrected chi connectivity index (χ0v) is 8.57. The van der Waals surface area contributed by atoms with Crippen molar-refractivity contribution in [2.75, 3.05) is 6.67 Å². The van der Waals surface area contributed by atoms with E-state index in [9.17, 15) is 14.5 Å². The van der Waals surface area contributed by atoms with Crippen LogP contribution in [0, 0.1) is 10.1 Å². The van der Waals surface area contributed by atoms with Crippen LogP contribution in [0.4, 0.5) is 10.1 Å². The molecule has 0 saturated heterocycles. The summed E-state index contributed by atoms with van der Waals surface area (Å²) < 4.78 is 17.7. The summed E-state index contributed by atoms with van der Waals surface area (Å²) in [4.78, 5) is 9.86. The number of halogens is 1. The van der Waals surface area contributed by atoms with Gasteiger partial charge in [0.25, 0.3) is 5.69 Å². The summed E-state index contributed by atoms with van der Waals surface area (Å²) in [7, 11) is 0. The van der Waals surface area contributed by atoms with Gasteiger partial charge >= 0.3 is 0 Å². The van der Waals surface area contributed by atoms with Crippen molar-refractivity contribution < 1.29 is 14.1 Å². The van der Waals surface area contributed by atoms with Gasteiger partial charge in [0.2, 0.25) is 0 Å². The maximum absolute atomic E-state index is 12.4. The second-order valence-corrected chi connectivity index (χ2v) is 3.75. The SMILES string of the molecule is CC(C)(CF)Oc1ccc([N+](=O)[O-])cc1. The van der Waals surface area contributed by atoms with Gasteiger partial charge in [0, 0.05) is 12.1 Å². The summed E-state index contributed by atoms with van der Waals surface area (Å²) in [6.45, 7) is 2.59. The quantitative estimate of drug-likeness (QED) is 0.570. The number of nitro benzene ring substituents is 1. The van der Waals surface area contributed by atoms with Crippen molar-refractivity contribution in [3.05, 3.63) is 34.4 Å². The Morgan fingerprint density at radius 1 is 1.40 bits per heavy atom. The minimum absolute atomic E-state index is 0.0135. The first kappa shape index (κ1) is 11.4. The van der Waals surface area contributed by atoms with Gasteiger partial charge in [-0.15, -0.1) is 0 Å². The van der Waals surface area contributed by atoms with Gasteiger partial charge < -0.3 is 4.74 Å². The largest absolute Gasteiger partial charge is 0.485 e. The zero-order chi connectivity index (χ0) is 11.5. The molecular formula is C10H12FNO3. The highest BCUT2D eigenvalue weighted by Gasteiger charge is 2.19. The molecule has 0 heterocycles. The lowest BCUT2D eigenvalue weighted by molar-refractivity contribution is -0.384. The standard InChI is InChI=1S/C10H12FNO3/c1-10(2,7-11)15-9-5-3-8(4-6-9)12(13)14/h3-6H,7H2,1-2H3. The molecule has 0 aliphatic rings. The number of hydrogen-bond acceptors (Lipinski definition) is 3. The van der Waals surface area contributed by atoms with Crippen molar-refractivity contribution in [1.29, 1.82) is 0 Å². The third-order valence-corrected chi connectivity index (χ3v) is 1.76. The fourth-order valence-electron chi connectivity index (χ4n) is 0.982. The molecule has 0 aliphatic heterocycles. The molecule has 0 unspecified atom stereocenters. The molecule has 0 aliphatic carbocycles. The highest BCUT2D eigenvalue weighted by Crippen LogP contribution is 2.21. The molecule has 0 bridgehead atoms. The minimum atomic E-state index is -0.907. The van der Waals surface area contributed by atoms with E-state index in [0.29, 0.717) is 5.75 Å². The Morgan fingerprint density at radius 3 is 2.33 bits per heavy atom. The van der Waals surface area contributed by atoms with Crippen LogP contribution in [0.25, 0.3) is 0 Å². The molecule has 4 nitrogen and oxygen atoms in total. The molecule has 15 heavy (non-hydrogen) atoms. The Hall–Kier alpha value is -1.65. The van der Waals surface area contributed by atoms with Gasteiger partial charge in [-0.3, -0.25) is 10.1 Å². The summed E-state index contributed by atoms with van der Waals surface area (Å²) in [5, 5.41) is 10.4. The predicted molar refractivity (Wildman–Crippen MR) is 53.8 cm³/mol. The molecule has 0 radical (unpaired) electrons. The monoisotopic (exact) mass is 213 g/mol. The molecule has 1 aromatic rings. The van der Waals surface area contributed by atoms with Gasteiger partial charge in [0.15, 0.2) is 0 Å². The zero-order valence-electron chi connectivity index (χ0n) is 8.57. The van der Waals surface area contributed by atoms with E-state index in [1.807, 2.05) is 0 Å². The number of benzene rings is 1. The van der Waals surface area contributed by atoms with Crippen molar-refractivity contribution in [3.63, 3.8) is 0 Å². The Labute approximate surface area is 86.8 Å². The molecule has 5 heteroatoms. The highest BCUT2D eigenvalue weighted by molar-refractivity contribution is 5.36. The van der Waals surface area contributed by atoms with Crippen LogP contribution in [0.2, 0.25) is 0 Å². The molecule has 1 rings (SSSR count). The van der Waals surface area contributed by atoms with Crippen LogP contribution in [-0.4, -0.2) is 17.2 Å². The second-order valence-electron chi connectivity index (χ2n) is 3.75. The van der Waals surface area contributed by atoms with E-state index in [0.717, 1.165) is 0 Å². The first-order valence-corrected chi connectivity index (χ1v) is 4.44. The lowest BCUT2D eigenvalue weighted by atomic mass is 10.1. The van der Waals surface area contributed by atoms with Crippen LogP contribution in [0.3, 0.4) is 0 Å². The predicted octanol–water partition coefficient (Wildman–Crippen LogP) is 2.72. The van der Waals surface area contributed by atoms with Crippen molar-refractivity contribution in [1.82, 2.24) is 0 Å². The van der Waals surface area contributed by atoms with E-state index in [1.54, 1.807) is 13.8 Å². The van der Waals surface area contributed by atoms with Crippen LogP contribution in [0.15, 0.2) is 24.3 Å². The summed E-state index contributed by atoms with van der Waals surface area (Å²) in [6, 6.07) is 5.55. The van der Waals surface area contributed by atoms with Crippen LogP contribution < -0.4 is 4.74 Å². The number of nitrogens with zero attached hydrogens (tertiary/aromatic N) is 1. The normalized spacial score (nSPS) is 11.1. The van der Waals surface area contributed by atoms with Gasteiger partial charge in [-0.25, -0.2) is 4.39 Å². The molecule has 0 amide bonds. The highest BCUT2D eigenvalue weighted by atomic mass is 19.1. The maximum Gasteiger partial charge on any atom is 0.269 e. The first-order chi connectivity index (χ1) is 6.94. The molecule has 0 spiro atoms. The molecule has 0 fully saturated rings. The molecule has 0 aromatic heterocycles. The summed E-state index contributed by atoms with van der Waals surface area (Å²) >= 11 is 0. The van der Waals surface area contributed by atoms with E-state index in [-0.39, 0.29) is 5.69 Å². The average molecular weight is 213 g/mol. The minimum Gasteiger partial charge on any atom is -0.485 e. The molecule has 1 aromatic carbocycles. The first-order valence-electron chi connectivity index (χ1n) is 4.44. The lowest BCUT2D eigenvalue weighted by Gasteiger charge is -2.22. The Morgan fingerprint density at radius 2 is 1.93 bits per heavy atom. The third kappa shape index (κ3) is 3.19. The Kier molecular flexibility index (Phi) is 3.24. The Balaban J connectivity index is 2.77. The van der Waals surface area contributed by atoms with E-state index in [4.69, 9.17) is 4.74 Å². The number of hydrogen-bond donors (Lipinski definition) is 0. The summed E-state index contributed by atoms with van der Waals surface area (Å²) in [6.07, 6.45) is 0. The number of non-ortho nitro benzene ring substituents is 1. The van der Waals surface area contributed by atoms with Crippen molar-refractivity contribution in [3.8, 4) is 5.75 Å². The van der Waals surface area contributed by atoms with Crippen LogP contribution >= 0.6 is 0 Å². The molecule has 0 atom stereocenters. The topological polar surface area (TPSA) is 52.4 Å². The average Bonchev–Trinajstić information content (AvgIpc) is 2.18. The maximum atomic E-state index is 12.4. The van der Waals surface area contributed by atoms with E-state index in [2.05, 4.69) is 0 Å². The van der Waals surface area contributed by atoms with Crippen molar-refractivity contribution in [2.24, 2.45) is 0 Å². The van der Waals surface area contributed by atoms with E-state index < -0.39 is 17.2 Å². The van der Waals surface area contributed by atoms with Gasteiger partial charge in [-0.05, 0) is 26.0 Å². The fraction of sp³-hybridized carbons (Fsp3) is 0.400. The molecular weight excluding hydrogens is 201 g/mol. The number of rotatable bonds is 4. The summed E-state index contributed by atoms with van der Waals surface area (Å²) in [5.74, 6) is 0.420. The van der Waals surface area contributed by atoms with Gasteiger partial charge in [0.05, 0.1) is 4.92 Å². The summed E-state index contributed by atoms with van der Waals surface area (Å²) in [5.41, 5.74) is -0.920. The van der Waals surface area contributed by atoms with Gasteiger partial charge in [0.1, 0.15) is 18.0 Å². The number of alkyl halides is 1. The molecule has 0 N–H and O–H groups in total. The smallest absolute Gasteiger partial charge is 0.269 e. The van der Waals surface area contributed by atoms with Crippen LogP contribution in [0.1, 0.15) is 13.8 Å². The number of ether oxygens (including phenoxy) is 1. The second kappa shape index (κ2) is 4.25. The molecule has 0 saturated carbocycles. The van der Waals surface area contributed by atoms with Crippen LogP contribution in [0.5, 0.6) is 5.75 Å². The van der Waals surface area contributed by atoms with Crippen LogP contribution in [-0.2, 0) is 0 Å². The van der Waals surface area contributed by atoms with Gasteiger partial charge in [-0.1, -0.05) is 0 Å². The van der Waals surface area contributed by atoms with E-state index in [1.165, 1.54) is 24.3 Å². The van der Waals surface area contributed by atoms with Crippen molar-refractivity contribution >= 4 is 5.69 Å². The molecule has 82 valence electrons. The fourth-order valence-corrected chi connectivity index (χ4v) is 0.982. The Bertz CT molecular complexity index is 348. The van der Waals surface area contributed by atoms with Crippen molar-refractivity contribution in [2.45, 2.75) is 19.4 Å². The lowest BCUT2D eigenvalue weighted by Crippen LogP contribution is -2.30.